The molecule has 0 spiro atoms. The number of benzene rings is 2. The Kier molecular flexibility index (Phi) is 6.66. The largest absolute Gasteiger partial charge is 0.481 e. The van der Waals surface area contributed by atoms with Crippen molar-refractivity contribution in [3.8, 4) is 28.3 Å². The maximum absolute atomic E-state index is 13.2. The Bertz CT molecular complexity index is 1990. The second-order valence-corrected chi connectivity index (χ2v) is 10.9. The van der Waals surface area contributed by atoms with Crippen LogP contribution in [0, 0.1) is 13.8 Å². The van der Waals surface area contributed by atoms with E-state index in [-0.39, 0.29) is 5.69 Å². The fourth-order valence-electron chi connectivity index (χ4n) is 5.78. The molecule has 0 saturated heterocycles. The summed E-state index contributed by atoms with van der Waals surface area (Å²) in [6.07, 6.45) is 3.08. The van der Waals surface area contributed by atoms with E-state index in [1.807, 2.05) is 50.2 Å². The van der Waals surface area contributed by atoms with Crippen LogP contribution in [0.3, 0.4) is 0 Å². The highest BCUT2D eigenvalue weighted by atomic mass is 35.5. The van der Waals surface area contributed by atoms with Gasteiger partial charge in [-0.25, -0.2) is 14.8 Å². The lowest BCUT2D eigenvalue weighted by Crippen LogP contribution is -2.37. The molecule has 0 bridgehead atoms. The number of aromatic nitrogens is 4. The molecule has 0 amide bonds. The van der Waals surface area contributed by atoms with Crippen LogP contribution in [0.4, 0.5) is 11.5 Å². The van der Waals surface area contributed by atoms with E-state index in [0.29, 0.717) is 33.3 Å². The monoisotopic (exact) mass is 567 g/mol. The first kappa shape index (κ1) is 26.8. The van der Waals surface area contributed by atoms with Crippen LogP contribution >= 0.6 is 11.6 Å². The highest BCUT2D eigenvalue weighted by Crippen LogP contribution is 2.41. The summed E-state index contributed by atoms with van der Waals surface area (Å²) < 4.78 is 8.19. The average Bonchev–Trinajstić information content (AvgIpc) is 3.44. The SMILES string of the molecule is COc1nc(-c2cccc(-c3cccc(Nc4nc(C)cc5c4c(=O)n(C)c(=O)n5C)c3C)c2Cl)cc2c1CCC2. The number of fused-ring (bicyclic) bond motifs is 2. The molecule has 0 fully saturated rings. The molecule has 2 aromatic carbocycles. The standard InChI is InChI=1S/C32H30ClN5O3/c1-17-15-26-27(31(39)38(4)32(40)37(26)3)29(34-17)35-24-14-8-10-20(18(24)2)22-12-7-13-23(28(22)33)25-16-19-9-6-11-21(19)30(36-25)41-5/h7-8,10,12-16H,6,9,11H2,1-5H3,(H,34,35). The molecule has 6 rings (SSSR count). The van der Waals surface area contributed by atoms with Gasteiger partial charge in [0.05, 0.1) is 23.3 Å². The van der Waals surface area contributed by atoms with E-state index in [0.717, 1.165) is 57.5 Å². The molecule has 0 aliphatic heterocycles. The Morgan fingerprint density at radius 1 is 0.927 bits per heavy atom. The number of aryl methyl sites for hydroxylation is 3. The molecular formula is C32H30ClN5O3. The smallest absolute Gasteiger partial charge is 0.330 e. The predicted molar refractivity (Wildman–Crippen MR) is 164 cm³/mol. The maximum Gasteiger partial charge on any atom is 0.330 e. The van der Waals surface area contributed by atoms with Gasteiger partial charge in [-0.1, -0.05) is 41.9 Å². The van der Waals surface area contributed by atoms with E-state index >= 15 is 0 Å². The van der Waals surface area contributed by atoms with E-state index in [4.69, 9.17) is 21.3 Å². The Labute approximate surface area is 242 Å². The van der Waals surface area contributed by atoms with Crippen LogP contribution in [-0.2, 0) is 26.9 Å². The molecule has 208 valence electrons. The molecule has 0 saturated carbocycles. The molecule has 0 atom stereocenters. The first-order valence-electron chi connectivity index (χ1n) is 13.5. The second kappa shape index (κ2) is 10.2. The predicted octanol–water partition coefficient (Wildman–Crippen LogP) is 5.87. The molecule has 41 heavy (non-hydrogen) atoms. The van der Waals surface area contributed by atoms with Gasteiger partial charge >= 0.3 is 5.69 Å². The molecule has 3 heterocycles. The van der Waals surface area contributed by atoms with Crippen molar-refractivity contribution >= 4 is 34.0 Å². The molecule has 8 nitrogen and oxygen atoms in total. The molecule has 3 aromatic heterocycles. The van der Waals surface area contributed by atoms with Crippen molar-refractivity contribution in [2.45, 2.75) is 33.1 Å². The lowest BCUT2D eigenvalue weighted by atomic mass is 9.96. The third-order valence-electron chi connectivity index (χ3n) is 7.98. The van der Waals surface area contributed by atoms with E-state index in [2.05, 4.69) is 16.4 Å². The third-order valence-corrected chi connectivity index (χ3v) is 8.38. The number of hydrogen-bond donors (Lipinski definition) is 1. The van der Waals surface area contributed by atoms with Crippen LogP contribution in [0.5, 0.6) is 5.88 Å². The zero-order valence-corrected chi connectivity index (χ0v) is 24.4. The average molecular weight is 568 g/mol. The van der Waals surface area contributed by atoms with E-state index in [1.165, 1.54) is 22.7 Å². The zero-order chi connectivity index (χ0) is 29.0. The fourth-order valence-corrected chi connectivity index (χ4v) is 6.11. The van der Waals surface area contributed by atoms with E-state index in [1.54, 1.807) is 20.2 Å². The molecule has 1 N–H and O–H groups in total. The van der Waals surface area contributed by atoms with Gasteiger partial charge in [0, 0.05) is 42.2 Å². The number of hydrogen-bond acceptors (Lipinski definition) is 6. The van der Waals surface area contributed by atoms with Gasteiger partial charge in [0.1, 0.15) is 11.2 Å². The van der Waals surface area contributed by atoms with Gasteiger partial charge in [0.2, 0.25) is 5.88 Å². The lowest BCUT2D eigenvalue weighted by Gasteiger charge is -2.18. The maximum atomic E-state index is 13.2. The topological polar surface area (TPSA) is 91.0 Å². The van der Waals surface area contributed by atoms with Crippen molar-refractivity contribution < 1.29 is 4.74 Å². The molecule has 5 aromatic rings. The number of ether oxygens (including phenoxy) is 1. The number of nitrogens with zero attached hydrogens (tertiary/aromatic N) is 4. The van der Waals surface area contributed by atoms with Crippen molar-refractivity contribution in [2.24, 2.45) is 14.1 Å². The number of anilines is 2. The summed E-state index contributed by atoms with van der Waals surface area (Å²) in [4.78, 5) is 35.2. The lowest BCUT2D eigenvalue weighted by molar-refractivity contribution is 0.394. The zero-order valence-electron chi connectivity index (χ0n) is 23.6. The van der Waals surface area contributed by atoms with Crippen LogP contribution in [0.1, 0.15) is 28.8 Å². The van der Waals surface area contributed by atoms with Gasteiger partial charge in [-0.05, 0) is 68.0 Å². The Morgan fingerprint density at radius 3 is 2.44 bits per heavy atom. The quantitative estimate of drug-likeness (QED) is 0.285. The van der Waals surface area contributed by atoms with Gasteiger partial charge in [-0.15, -0.1) is 0 Å². The molecule has 0 unspecified atom stereocenters. The van der Waals surface area contributed by atoms with Crippen LogP contribution < -0.4 is 21.3 Å². The van der Waals surface area contributed by atoms with Crippen molar-refractivity contribution in [2.75, 3.05) is 12.4 Å². The summed E-state index contributed by atoms with van der Waals surface area (Å²) in [5, 5.41) is 4.33. The fraction of sp³-hybridized carbons (Fsp3) is 0.250. The van der Waals surface area contributed by atoms with Crippen LogP contribution in [0.25, 0.3) is 33.3 Å². The summed E-state index contributed by atoms with van der Waals surface area (Å²) in [5.74, 6) is 1.06. The Balaban J connectivity index is 1.46. The first-order chi connectivity index (χ1) is 19.7. The first-order valence-corrected chi connectivity index (χ1v) is 13.9. The highest BCUT2D eigenvalue weighted by Gasteiger charge is 2.22. The summed E-state index contributed by atoms with van der Waals surface area (Å²) in [6.45, 7) is 3.84. The van der Waals surface area contributed by atoms with Crippen LogP contribution in [-0.4, -0.2) is 26.2 Å². The van der Waals surface area contributed by atoms with E-state index < -0.39 is 5.56 Å². The van der Waals surface area contributed by atoms with Gasteiger partial charge in [-0.2, -0.15) is 0 Å². The highest BCUT2D eigenvalue weighted by molar-refractivity contribution is 6.36. The third kappa shape index (κ3) is 4.39. The normalized spacial score (nSPS) is 12.5. The molecule has 9 heteroatoms. The molecule has 1 aliphatic rings. The van der Waals surface area contributed by atoms with Crippen LogP contribution in [0.15, 0.2) is 58.1 Å². The molecular weight excluding hydrogens is 538 g/mol. The summed E-state index contributed by atoms with van der Waals surface area (Å²) >= 11 is 7.09. The van der Waals surface area contributed by atoms with Gasteiger partial charge < -0.3 is 10.1 Å². The number of methoxy groups -OCH3 is 1. The summed E-state index contributed by atoms with van der Waals surface area (Å²) in [6, 6.07) is 15.7. The van der Waals surface area contributed by atoms with Crippen LogP contribution in [0.2, 0.25) is 5.02 Å². The molecule has 1 aliphatic carbocycles. The van der Waals surface area contributed by atoms with Gasteiger partial charge in [0.15, 0.2) is 0 Å². The Hall–Kier alpha value is -4.43. The van der Waals surface area contributed by atoms with Crippen molar-refractivity contribution in [3.63, 3.8) is 0 Å². The van der Waals surface area contributed by atoms with Crippen molar-refractivity contribution in [3.05, 3.63) is 96.8 Å². The Morgan fingerprint density at radius 2 is 1.66 bits per heavy atom. The number of halogens is 1. The van der Waals surface area contributed by atoms with E-state index in [9.17, 15) is 9.59 Å². The van der Waals surface area contributed by atoms with Gasteiger partial charge in [0.25, 0.3) is 5.56 Å². The number of nitrogens with one attached hydrogen (secondary N) is 1. The van der Waals surface area contributed by atoms with Crippen molar-refractivity contribution in [1.82, 2.24) is 19.1 Å². The number of pyridine rings is 2. The minimum Gasteiger partial charge on any atom is -0.481 e. The van der Waals surface area contributed by atoms with Gasteiger partial charge in [-0.3, -0.25) is 13.9 Å². The van der Waals surface area contributed by atoms with Crippen molar-refractivity contribution in [1.29, 1.82) is 0 Å². The number of rotatable bonds is 5. The summed E-state index contributed by atoms with van der Waals surface area (Å²) in [7, 11) is 4.78. The second-order valence-electron chi connectivity index (χ2n) is 10.5. The summed E-state index contributed by atoms with van der Waals surface area (Å²) in [5.41, 5.74) is 8.01. The minimum atomic E-state index is -0.403. The molecule has 0 radical (unpaired) electrons. The minimum absolute atomic E-state index is 0.349.